The van der Waals surface area contributed by atoms with Crippen LogP contribution in [0.15, 0.2) is 29.2 Å². The van der Waals surface area contributed by atoms with Crippen LogP contribution in [-0.2, 0) is 19.4 Å². The third-order valence-electron chi connectivity index (χ3n) is 4.63. The number of carbonyl (C=O) groups excluding carboxylic acids is 1. The Bertz CT molecular complexity index is 758. The molecule has 3 unspecified atom stereocenters. The van der Waals surface area contributed by atoms with Crippen LogP contribution in [0, 0.1) is 17.8 Å². The maximum Gasteiger partial charge on any atom is 0.308 e. The molecule has 1 fully saturated rings. The van der Waals surface area contributed by atoms with Gasteiger partial charge in [0.1, 0.15) is 5.75 Å². The van der Waals surface area contributed by atoms with Crippen LogP contribution in [0.5, 0.6) is 5.75 Å². The molecule has 1 saturated heterocycles. The molecule has 0 aromatic heterocycles. The van der Waals surface area contributed by atoms with Gasteiger partial charge in [-0.25, -0.2) is 8.42 Å². The van der Waals surface area contributed by atoms with Crippen molar-refractivity contribution in [3.63, 3.8) is 0 Å². The van der Waals surface area contributed by atoms with E-state index in [0.29, 0.717) is 18.7 Å². The number of ether oxygens (including phenoxy) is 1. The van der Waals surface area contributed by atoms with Gasteiger partial charge in [-0.1, -0.05) is 13.8 Å². The predicted molar refractivity (Wildman–Crippen MR) is 95.7 cm³/mol. The molecule has 144 valence electrons. The molecule has 0 radical (unpaired) electrons. The summed E-state index contributed by atoms with van der Waals surface area (Å²) < 4.78 is 30.1. The molecule has 1 aliphatic rings. The highest BCUT2D eigenvalue weighted by Gasteiger charge is 2.34. The van der Waals surface area contributed by atoms with E-state index < -0.39 is 27.6 Å². The van der Waals surface area contributed by atoms with Gasteiger partial charge in [-0.3, -0.25) is 9.59 Å². The summed E-state index contributed by atoms with van der Waals surface area (Å²) in [6.45, 7) is 4.05. The number of hydrogen-bond acceptors (Lipinski definition) is 5. The van der Waals surface area contributed by atoms with E-state index in [2.05, 4.69) is 0 Å². The number of sulfone groups is 1. The molecular weight excluding hydrogens is 358 g/mol. The first kappa shape index (κ1) is 20.2. The van der Waals surface area contributed by atoms with Crippen LogP contribution < -0.4 is 4.74 Å². The normalized spacial score (nSPS) is 21.9. The summed E-state index contributed by atoms with van der Waals surface area (Å²) in [5.74, 6) is -2.29. The van der Waals surface area contributed by atoms with E-state index in [0.717, 1.165) is 0 Å². The monoisotopic (exact) mass is 383 g/mol. The number of hydrogen-bond donors (Lipinski definition) is 1. The summed E-state index contributed by atoms with van der Waals surface area (Å²) in [5.41, 5.74) is 0. The van der Waals surface area contributed by atoms with Gasteiger partial charge in [0.25, 0.3) is 0 Å². The molecule has 1 heterocycles. The lowest BCUT2D eigenvalue weighted by Crippen LogP contribution is -2.48. The van der Waals surface area contributed by atoms with Crippen LogP contribution in [0.25, 0.3) is 0 Å². The van der Waals surface area contributed by atoms with E-state index >= 15 is 0 Å². The fourth-order valence-corrected chi connectivity index (χ4v) is 4.85. The second-order valence-electron chi connectivity index (χ2n) is 6.98. The number of likely N-dealkylation sites (tertiary alicyclic amines) is 1. The van der Waals surface area contributed by atoms with Gasteiger partial charge in [0.05, 0.1) is 23.7 Å². The maximum absolute atomic E-state index is 12.7. The van der Waals surface area contributed by atoms with Crippen LogP contribution in [0.3, 0.4) is 0 Å². The van der Waals surface area contributed by atoms with Crippen molar-refractivity contribution in [2.24, 2.45) is 17.8 Å². The number of piperidine rings is 1. The van der Waals surface area contributed by atoms with Gasteiger partial charge >= 0.3 is 5.97 Å². The molecule has 3 atom stereocenters. The van der Waals surface area contributed by atoms with Crippen molar-refractivity contribution in [1.82, 2.24) is 4.90 Å². The Hall–Kier alpha value is -2.09. The minimum absolute atomic E-state index is 0.0687. The Balaban J connectivity index is 2.08. The number of aliphatic carboxylic acids is 1. The Morgan fingerprint density at radius 2 is 1.88 bits per heavy atom. The highest BCUT2D eigenvalue weighted by atomic mass is 32.2. The highest BCUT2D eigenvalue weighted by Crippen LogP contribution is 2.24. The first-order valence-corrected chi connectivity index (χ1v) is 10.2. The molecule has 0 saturated carbocycles. The van der Waals surface area contributed by atoms with Crippen LogP contribution in [-0.4, -0.2) is 56.3 Å². The molecule has 0 spiro atoms. The van der Waals surface area contributed by atoms with E-state index in [9.17, 15) is 23.1 Å². The minimum Gasteiger partial charge on any atom is -0.497 e. The van der Waals surface area contributed by atoms with E-state index in [1.165, 1.54) is 24.1 Å². The van der Waals surface area contributed by atoms with E-state index in [1.807, 2.05) is 6.92 Å². The van der Waals surface area contributed by atoms with Crippen molar-refractivity contribution in [1.29, 1.82) is 0 Å². The standard InChI is InChI=1S/C18H25NO6S/c1-12-8-14(18(21)22)10-19(9-12)17(20)13(2)11-26(23,24)16-6-4-15(25-3)5-7-16/h4-7,12-14H,8-11H2,1-3H3,(H,21,22). The van der Waals surface area contributed by atoms with E-state index in [4.69, 9.17) is 4.74 Å². The lowest BCUT2D eigenvalue weighted by atomic mass is 9.90. The quantitative estimate of drug-likeness (QED) is 0.802. The third kappa shape index (κ3) is 4.75. The Labute approximate surface area is 153 Å². The van der Waals surface area contributed by atoms with Crippen LogP contribution in [0.2, 0.25) is 0 Å². The molecule has 7 nitrogen and oxygen atoms in total. The Morgan fingerprint density at radius 1 is 1.27 bits per heavy atom. The SMILES string of the molecule is COc1ccc(S(=O)(=O)CC(C)C(=O)N2CC(C)CC(C(=O)O)C2)cc1. The number of nitrogens with zero attached hydrogens (tertiary/aromatic N) is 1. The summed E-state index contributed by atoms with van der Waals surface area (Å²) in [6.07, 6.45) is 0.525. The number of methoxy groups -OCH3 is 1. The summed E-state index contributed by atoms with van der Waals surface area (Å²) in [4.78, 5) is 25.5. The zero-order valence-corrected chi connectivity index (χ0v) is 16.0. The number of amides is 1. The third-order valence-corrected chi connectivity index (χ3v) is 6.56. The first-order valence-electron chi connectivity index (χ1n) is 8.52. The van der Waals surface area contributed by atoms with Crippen molar-refractivity contribution in [2.75, 3.05) is 26.0 Å². The molecule has 26 heavy (non-hydrogen) atoms. The Kier molecular flexibility index (Phi) is 6.28. The first-order chi connectivity index (χ1) is 12.1. The topological polar surface area (TPSA) is 101 Å². The fourth-order valence-electron chi connectivity index (χ4n) is 3.30. The molecule has 1 aromatic carbocycles. The van der Waals surface area contributed by atoms with Crippen LogP contribution in [0.4, 0.5) is 0 Å². The average Bonchev–Trinajstić information content (AvgIpc) is 2.60. The highest BCUT2D eigenvalue weighted by molar-refractivity contribution is 7.91. The molecule has 8 heteroatoms. The van der Waals surface area contributed by atoms with Gasteiger partial charge in [0.15, 0.2) is 9.84 Å². The summed E-state index contributed by atoms with van der Waals surface area (Å²) in [5, 5.41) is 9.23. The number of rotatable bonds is 6. The van der Waals surface area contributed by atoms with E-state index in [1.54, 1.807) is 19.1 Å². The summed E-state index contributed by atoms with van der Waals surface area (Å²) >= 11 is 0. The lowest BCUT2D eigenvalue weighted by Gasteiger charge is -2.36. The molecule has 1 N–H and O–H groups in total. The van der Waals surface area contributed by atoms with Crippen molar-refractivity contribution >= 4 is 21.7 Å². The number of benzene rings is 1. The Morgan fingerprint density at radius 3 is 2.42 bits per heavy atom. The average molecular weight is 383 g/mol. The van der Waals surface area contributed by atoms with Crippen LogP contribution in [0.1, 0.15) is 20.3 Å². The molecule has 0 aliphatic carbocycles. The van der Waals surface area contributed by atoms with Crippen molar-refractivity contribution < 1.29 is 27.9 Å². The van der Waals surface area contributed by atoms with E-state index in [-0.39, 0.29) is 29.0 Å². The maximum atomic E-state index is 12.7. The van der Waals surface area contributed by atoms with Crippen molar-refractivity contribution in [3.8, 4) is 5.75 Å². The minimum atomic E-state index is -3.63. The number of carboxylic acids is 1. The molecule has 1 aliphatic heterocycles. The molecule has 0 bridgehead atoms. The second-order valence-corrected chi connectivity index (χ2v) is 9.01. The van der Waals surface area contributed by atoms with Gasteiger partial charge in [-0.2, -0.15) is 0 Å². The molecule has 1 aromatic rings. The fraction of sp³-hybridized carbons (Fsp3) is 0.556. The number of carbonyl (C=O) groups is 2. The lowest BCUT2D eigenvalue weighted by molar-refractivity contribution is -0.147. The van der Waals surface area contributed by atoms with Crippen molar-refractivity contribution in [2.45, 2.75) is 25.2 Å². The van der Waals surface area contributed by atoms with Gasteiger partial charge in [0, 0.05) is 19.0 Å². The zero-order chi connectivity index (χ0) is 19.5. The van der Waals surface area contributed by atoms with Gasteiger partial charge in [-0.15, -0.1) is 0 Å². The van der Waals surface area contributed by atoms with Crippen molar-refractivity contribution in [3.05, 3.63) is 24.3 Å². The number of carboxylic acid groups (broad SMARTS) is 1. The van der Waals surface area contributed by atoms with Crippen LogP contribution >= 0.6 is 0 Å². The second kappa shape index (κ2) is 8.07. The molecule has 1 amide bonds. The summed E-state index contributed by atoms with van der Waals surface area (Å²) in [7, 11) is -2.14. The predicted octanol–water partition coefficient (Wildman–Crippen LogP) is 1.67. The molecule has 2 rings (SSSR count). The summed E-state index contributed by atoms with van der Waals surface area (Å²) in [6, 6.07) is 6.02. The zero-order valence-electron chi connectivity index (χ0n) is 15.2. The van der Waals surface area contributed by atoms with Gasteiger partial charge in [-0.05, 0) is 36.6 Å². The molecular formula is C18H25NO6S. The van der Waals surface area contributed by atoms with Gasteiger partial charge < -0.3 is 14.7 Å². The smallest absolute Gasteiger partial charge is 0.308 e. The van der Waals surface area contributed by atoms with Gasteiger partial charge in [0.2, 0.25) is 5.91 Å². The largest absolute Gasteiger partial charge is 0.497 e.